The first-order valence-electron chi connectivity index (χ1n) is 8.16. The van der Waals surface area contributed by atoms with Gasteiger partial charge in [0.2, 0.25) is 0 Å². The standard InChI is InChI=1S/C20H20NO4S/c1-3-24-14-15-25-26(23)21-20(22)19-12-10-18(11-13-19)9-8-17-6-4-16(2)5-7-17/h4-7,10-13H,3,14-15H2,1-2H3/q-1. The number of rotatable bonds is 6. The maximum absolute atomic E-state index is 12.0. The van der Waals surface area contributed by atoms with Gasteiger partial charge in [0.1, 0.15) is 0 Å². The molecule has 136 valence electrons. The van der Waals surface area contributed by atoms with E-state index in [2.05, 4.69) is 16.2 Å². The summed E-state index contributed by atoms with van der Waals surface area (Å²) in [5, 5.41) is 0. The summed E-state index contributed by atoms with van der Waals surface area (Å²) >= 11 is 0. The van der Waals surface area contributed by atoms with E-state index in [1.54, 1.807) is 24.3 Å². The monoisotopic (exact) mass is 370 g/mol. The van der Waals surface area contributed by atoms with Crippen LogP contribution in [0.15, 0.2) is 52.9 Å². The van der Waals surface area contributed by atoms with E-state index in [0.717, 1.165) is 11.1 Å². The van der Waals surface area contributed by atoms with Gasteiger partial charge in [-0.25, -0.2) is 0 Å². The molecule has 0 aromatic heterocycles. The molecule has 0 aliphatic rings. The first kappa shape index (κ1) is 19.9. The predicted octanol–water partition coefficient (Wildman–Crippen LogP) is 3.65. The highest BCUT2D eigenvalue weighted by molar-refractivity contribution is 7.70. The van der Waals surface area contributed by atoms with Crippen LogP contribution >= 0.6 is 0 Å². The van der Waals surface area contributed by atoms with Gasteiger partial charge in [0.15, 0.2) is 0 Å². The van der Waals surface area contributed by atoms with E-state index in [4.69, 9.17) is 8.92 Å². The third-order valence-electron chi connectivity index (χ3n) is 3.31. The maximum Gasteiger partial charge on any atom is 0.255 e. The summed E-state index contributed by atoms with van der Waals surface area (Å²) in [4.78, 5) is 12.0. The van der Waals surface area contributed by atoms with Crippen LogP contribution in [0.3, 0.4) is 0 Å². The molecule has 0 aliphatic carbocycles. The quantitative estimate of drug-likeness (QED) is 0.442. The molecule has 0 fully saturated rings. The highest BCUT2D eigenvalue weighted by atomic mass is 32.2. The molecule has 2 aromatic rings. The minimum atomic E-state index is -2.02. The zero-order valence-corrected chi connectivity index (χ0v) is 15.5. The Labute approximate surface area is 155 Å². The average Bonchev–Trinajstić information content (AvgIpc) is 2.65. The number of benzene rings is 2. The Kier molecular flexibility index (Phi) is 8.03. The second-order valence-electron chi connectivity index (χ2n) is 5.33. The Balaban J connectivity index is 1.97. The topological polar surface area (TPSA) is 65.0 Å². The molecule has 0 aliphatic heterocycles. The van der Waals surface area contributed by atoms with Crippen LogP contribution in [0.1, 0.15) is 34.0 Å². The van der Waals surface area contributed by atoms with Crippen molar-refractivity contribution in [1.29, 1.82) is 0 Å². The number of ether oxygens (including phenoxy) is 1. The lowest BCUT2D eigenvalue weighted by Crippen LogP contribution is -2.03. The molecular formula is C20H20NO4S-. The lowest BCUT2D eigenvalue weighted by Gasteiger charge is -2.07. The molecule has 0 heterocycles. The van der Waals surface area contributed by atoms with Gasteiger partial charge in [0.05, 0.1) is 6.61 Å². The van der Waals surface area contributed by atoms with Crippen molar-refractivity contribution in [1.82, 2.24) is 0 Å². The SMILES string of the molecule is CCOCCO[S-](=O)=NC(=O)c1ccc(C#Cc2ccc(C)cc2)cc1. The number of amides is 1. The average molecular weight is 370 g/mol. The fraction of sp³-hybridized carbons (Fsp3) is 0.250. The van der Waals surface area contributed by atoms with Gasteiger partial charge in [-0.2, -0.15) is 0 Å². The molecule has 0 bridgehead atoms. The van der Waals surface area contributed by atoms with E-state index >= 15 is 0 Å². The highest BCUT2D eigenvalue weighted by Gasteiger charge is 2.00. The number of carbonyl (C=O) groups is 1. The van der Waals surface area contributed by atoms with Gasteiger partial charge in [-0.3, -0.25) is 4.79 Å². The summed E-state index contributed by atoms with van der Waals surface area (Å²) in [6, 6.07) is 14.6. The molecule has 26 heavy (non-hydrogen) atoms. The van der Waals surface area contributed by atoms with Crippen LogP contribution < -0.4 is 0 Å². The molecule has 0 N–H and O–H groups in total. The van der Waals surface area contributed by atoms with Crippen molar-refractivity contribution in [2.45, 2.75) is 13.8 Å². The molecule has 2 rings (SSSR count). The van der Waals surface area contributed by atoms with Gasteiger partial charge < -0.3 is 17.5 Å². The van der Waals surface area contributed by atoms with Crippen LogP contribution in [-0.2, 0) is 24.0 Å². The maximum atomic E-state index is 12.0. The first-order valence-corrected chi connectivity index (χ1v) is 9.19. The number of nitrogens with zero attached hydrogens (tertiary/aromatic N) is 1. The van der Waals surface area contributed by atoms with Crippen molar-refractivity contribution in [3.63, 3.8) is 0 Å². The van der Waals surface area contributed by atoms with Gasteiger partial charge >= 0.3 is 0 Å². The lowest BCUT2D eigenvalue weighted by atomic mass is 10.1. The number of hydrogen-bond donors (Lipinski definition) is 0. The fourth-order valence-electron chi connectivity index (χ4n) is 1.93. The van der Waals surface area contributed by atoms with Gasteiger partial charge in [0.25, 0.3) is 5.91 Å². The van der Waals surface area contributed by atoms with Crippen LogP contribution in [0.5, 0.6) is 0 Å². The number of hydrogen-bond acceptors (Lipinski definition) is 5. The molecule has 0 radical (unpaired) electrons. The summed E-state index contributed by atoms with van der Waals surface area (Å²) in [5.41, 5.74) is 3.20. The summed E-state index contributed by atoms with van der Waals surface area (Å²) in [7, 11) is -2.02. The largest absolute Gasteiger partial charge is 0.436 e. The van der Waals surface area contributed by atoms with Crippen molar-refractivity contribution >= 4 is 16.8 Å². The highest BCUT2D eigenvalue weighted by Crippen LogP contribution is 2.07. The Bertz CT molecular complexity index is 871. The minimum absolute atomic E-state index is 0.116. The third-order valence-corrected chi connectivity index (χ3v) is 3.99. The second-order valence-corrected chi connectivity index (χ2v) is 6.18. The molecule has 0 spiro atoms. The minimum Gasteiger partial charge on any atom is -0.436 e. The Morgan fingerprint density at radius 3 is 2.15 bits per heavy atom. The van der Waals surface area contributed by atoms with E-state index in [9.17, 15) is 9.00 Å². The smallest absolute Gasteiger partial charge is 0.255 e. The summed E-state index contributed by atoms with van der Waals surface area (Å²) < 4.78 is 25.0. The molecule has 2 aromatic carbocycles. The Morgan fingerprint density at radius 2 is 1.58 bits per heavy atom. The van der Waals surface area contributed by atoms with Crippen molar-refractivity contribution < 1.29 is 17.9 Å². The fourth-order valence-corrected chi connectivity index (χ4v) is 2.44. The molecule has 0 atom stereocenters. The summed E-state index contributed by atoms with van der Waals surface area (Å²) in [5.74, 6) is 5.50. The van der Waals surface area contributed by atoms with Crippen molar-refractivity contribution in [3.05, 3.63) is 70.8 Å². The van der Waals surface area contributed by atoms with Crippen molar-refractivity contribution in [2.24, 2.45) is 4.36 Å². The van der Waals surface area contributed by atoms with Crippen LogP contribution in [0.4, 0.5) is 0 Å². The summed E-state index contributed by atoms with van der Waals surface area (Å²) in [6.07, 6.45) is 0. The van der Waals surface area contributed by atoms with Gasteiger partial charge in [0, 0.05) is 29.9 Å². The molecule has 1 amide bonds. The normalized spacial score (nSPS) is 11.6. The van der Waals surface area contributed by atoms with E-state index in [0.29, 0.717) is 18.8 Å². The summed E-state index contributed by atoms with van der Waals surface area (Å²) in [6.45, 7) is 4.84. The van der Waals surface area contributed by atoms with Gasteiger partial charge in [-0.15, -0.1) is 0 Å². The van der Waals surface area contributed by atoms with E-state index in [1.807, 2.05) is 38.1 Å². The van der Waals surface area contributed by atoms with Crippen molar-refractivity contribution in [3.8, 4) is 11.8 Å². The van der Waals surface area contributed by atoms with Gasteiger partial charge in [-0.1, -0.05) is 40.4 Å². The van der Waals surface area contributed by atoms with Crippen LogP contribution in [0, 0.1) is 18.8 Å². The van der Waals surface area contributed by atoms with Crippen LogP contribution in [0.2, 0.25) is 0 Å². The molecule has 0 saturated carbocycles. The predicted molar refractivity (Wildman–Crippen MR) is 101 cm³/mol. The van der Waals surface area contributed by atoms with E-state index in [1.165, 1.54) is 5.56 Å². The molecule has 0 saturated heterocycles. The number of carbonyl (C=O) groups excluding carboxylic acids is 1. The second kappa shape index (κ2) is 10.5. The molecule has 6 heteroatoms. The van der Waals surface area contributed by atoms with E-state index in [-0.39, 0.29) is 6.61 Å². The first-order chi connectivity index (χ1) is 12.6. The van der Waals surface area contributed by atoms with E-state index < -0.39 is 16.8 Å². The van der Waals surface area contributed by atoms with Gasteiger partial charge in [-0.05, 0) is 50.2 Å². The zero-order valence-electron chi connectivity index (χ0n) is 14.7. The Hall–Kier alpha value is -2.46. The third kappa shape index (κ3) is 6.81. The van der Waals surface area contributed by atoms with Crippen LogP contribution in [-0.4, -0.2) is 25.7 Å². The number of aryl methyl sites for hydroxylation is 1. The van der Waals surface area contributed by atoms with Crippen molar-refractivity contribution in [2.75, 3.05) is 19.8 Å². The lowest BCUT2D eigenvalue weighted by molar-refractivity contribution is 0.0999. The molecule has 5 nitrogen and oxygen atoms in total. The molecule has 0 unspecified atom stereocenters. The van der Waals surface area contributed by atoms with Crippen LogP contribution in [0.25, 0.3) is 0 Å². The zero-order chi connectivity index (χ0) is 18.8. The molecular weight excluding hydrogens is 350 g/mol. The Morgan fingerprint density at radius 1 is 1.00 bits per heavy atom.